The normalized spacial score (nSPS) is 17.7. The van der Waals surface area contributed by atoms with Crippen molar-refractivity contribution in [1.29, 1.82) is 0 Å². The second kappa shape index (κ2) is 4.68. The third-order valence-corrected chi connectivity index (χ3v) is 4.00. The lowest BCUT2D eigenvalue weighted by Gasteiger charge is -2.18. The molecule has 0 bridgehead atoms. The lowest BCUT2D eigenvalue weighted by atomic mass is 10.1. The summed E-state index contributed by atoms with van der Waals surface area (Å²) in [7, 11) is 0. The number of hydrogen-bond acceptors (Lipinski definition) is 2. The van der Waals surface area contributed by atoms with Crippen LogP contribution in [0.2, 0.25) is 0 Å². The van der Waals surface area contributed by atoms with Crippen LogP contribution in [0, 0.1) is 0 Å². The van der Waals surface area contributed by atoms with Crippen LogP contribution in [0.5, 0.6) is 0 Å². The number of benzene rings is 1. The van der Waals surface area contributed by atoms with Crippen molar-refractivity contribution >= 4 is 17.5 Å². The number of fused-ring (bicyclic) bond motifs is 1. The third kappa shape index (κ3) is 2.11. The summed E-state index contributed by atoms with van der Waals surface area (Å²) in [5.74, 6) is 0.139. The van der Waals surface area contributed by atoms with Gasteiger partial charge in [-0.25, -0.2) is 0 Å². The first-order valence-corrected chi connectivity index (χ1v) is 6.87. The predicted octanol–water partition coefficient (Wildman–Crippen LogP) is 1.83. The average molecular weight is 258 g/mol. The van der Waals surface area contributed by atoms with Crippen molar-refractivity contribution in [3.63, 3.8) is 0 Å². The predicted molar refractivity (Wildman–Crippen MR) is 73.3 cm³/mol. The maximum absolute atomic E-state index is 12.3. The summed E-state index contributed by atoms with van der Waals surface area (Å²) in [5, 5.41) is 0. The van der Waals surface area contributed by atoms with Gasteiger partial charge in [0.05, 0.1) is 0 Å². The summed E-state index contributed by atoms with van der Waals surface area (Å²) in [6, 6.07) is 5.76. The number of amides is 2. The highest BCUT2D eigenvalue weighted by molar-refractivity contribution is 5.99. The van der Waals surface area contributed by atoms with E-state index in [9.17, 15) is 9.59 Å². The highest BCUT2D eigenvalue weighted by Gasteiger charge is 2.25. The van der Waals surface area contributed by atoms with E-state index in [-0.39, 0.29) is 11.8 Å². The van der Waals surface area contributed by atoms with E-state index in [1.807, 2.05) is 23.1 Å². The number of likely N-dealkylation sites (tertiary alicyclic amines) is 1. The zero-order valence-electron chi connectivity index (χ0n) is 11.2. The molecule has 0 spiro atoms. The van der Waals surface area contributed by atoms with Crippen LogP contribution in [0.3, 0.4) is 0 Å². The molecule has 0 aromatic heterocycles. The Hall–Kier alpha value is -1.84. The minimum absolute atomic E-state index is 0.0459. The zero-order chi connectivity index (χ0) is 13.4. The highest BCUT2D eigenvalue weighted by atomic mass is 16.2. The number of anilines is 1. The Morgan fingerprint density at radius 2 is 1.84 bits per heavy atom. The maximum Gasteiger partial charge on any atom is 0.253 e. The minimum Gasteiger partial charge on any atom is -0.339 e. The first-order chi connectivity index (χ1) is 9.16. The Kier molecular flexibility index (Phi) is 3.01. The first-order valence-electron chi connectivity index (χ1n) is 6.87. The number of hydrogen-bond donors (Lipinski definition) is 0. The Bertz CT molecular complexity index is 533. The SMILES string of the molecule is CC(=O)N1CCc2ccc(C(=O)N3CCCC3)cc21. The van der Waals surface area contributed by atoms with E-state index < -0.39 is 0 Å². The van der Waals surface area contributed by atoms with Crippen LogP contribution in [0.15, 0.2) is 18.2 Å². The van der Waals surface area contributed by atoms with Crippen molar-refractivity contribution in [2.75, 3.05) is 24.5 Å². The molecule has 0 N–H and O–H groups in total. The van der Waals surface area contributed by atoms with Gasteiger partial charge in [-0.2, -0.15) is 0 Å². The molecule has 0 radical (unpaired) electrons. The largest absolute Gasteiger partial charge is 0.339 e. The van der Waals surface area contributed by atoms with E-state index in [2.05, 4.69) is 0 Å². The fourth-order valence-corrected chi connectivity index (χ4v) is 2.94. The van der Waals surface area contributed by atoms with Crippen LogP contribution in [-0.4, -0.2) is 36.3 Å². The summed E-state index contributed by atoms with van der Waals surface area (Å²) < 4.78 is 0. The Morgan fingerprint density at radius 1 is 1.11 bits per heavy atom. The van der Waals surface area contributed by atoms with Gasteiger partial charge in [-0.05, 0) is 37.0 Å². The Balaban J connectivity index is 1.90. The van der Waals surface area contributed by atoms with E-state index >= 15 is 0 Å². The fourth-order valence-electron chi connectivity index (χ4n) is 2.94. The van der Waals surface area contributed by atoms with Gasteiger partial charge < -0.3 is 9.80 Å². The van der Waals surface area contributed by atoms with Crippen LogP contribution in [0.4, 0.5) is 5.69 Å². The third-order valence-electron chi connectivity index (χ3n) is 4.00. The fraction of sp³-hybridized carbons (Fsp3) is 0.467. The Morgan fingerprint density at radius 3 is 2.53 bits per heavy atom. The van der Waals surface area contributed by atoms with Crippen LogP contribution >= 0.6 is 0 Å². The van der Waals surface area contributed by atoms with Gasteiger partial charge in [0.1, 0.15) is 0 Å². The number of carbonyl (C=O) groups excluding carboxylic acids is 2. The molecule has 2 heterocycles. The summed E-state index contributed by atoms with van der Waals surface area (Å²) >= 11 is 0. The Labute approximate surface area is 113 Å². The van der Waals surface area contributed by atoms with Crippen LogP contribution in [-0.2, 0) is 11.2 Å². The molecular formula is C15H18N2O2. The van der Waals surface area contributed by atoms with Gasteiger partial charge in [0.2, 0.25) is 5.91 Å². The van der Waals surface area contributed by atoms with E-state index in [4.69, 9.17) is 0 Å². The van der Waals surface area contributed by atoms with Crippen molar-refractivity contribution in [1.82, 2.24) is 4.90 Å². The lowest BCUT2D eigenvalue weighted by molar-refractivity contribution is -0.116. The molecule has 2 aliphatic rings. The molecule has 4 heteroatoms. The molecule has 0 unspecified atom stereocenters. The van der Waals surface area contributed by atoms with Gasteiger partial charge in [0.15, 0.2) is 0 Å². The maximum atomic E-state index is 12.3. The van der Waals surface area contributed by atoms with Crippen molar-refractivity contribution in [2.24, 2.45) is 0 Å². The molecule has 0 aliphatic carbocycles. The van der Waals surface area contributed by atoms with E-state index in [0.717, 1.165) is 50.1 Å². The molecule has 1 fully saturated rings. The van der Waals surface area contributed by atoms with Crippen molar-refractivity contribution in [3.05, 3.63) is 29.3 Å². The summed E-state index contributed by atoms with van der Waals surface area (Å²) in [5.41, 5.74) is 2.78. The van der Waals surface area contributed by atoms with Gasteiger partial charge in [-0.1, -0.05) is 6.07 Å². The van der Waals surface area contributed by atoms with Crippen LogP contribution in [0.1, 0.15) is 35.7 Å². The highest BCUT2D eigenvalue weighted by Crippen LogP contribution is 2.29. The van der Waals surface area contributed by atoms with Gasteiger partial charge in [-0.3, -0.25) is 9.59 Å². The molecular weight excluding hydrogens is 240 g/mol. The van der Waals surface area contributed by atoms with Crippen molar-refractivity contribution < 1.29 is 9.59 Å². The molecule has 3 rings (SSSR count). The molecule has 2 amide bonds. The molecule has 1 saturated heterocycles. The van der Waals surface area contributed by atoms with Crippen LogP contribution in [0.25, 0.3) is 0 Å². The molecule has 100 valence electrons. The molecule has 1 aromatic rings. The van der Waals surface area contributed by atoms with Gasteiger partial charge in [0, 0.05) is 37.8 Å². The lowest BCUT2D eigenvalue weighted by Crippen LogP contribution is -2.28. The molecule has 4 nitrogen and oxygen atoms in total. The molecule has 1 aromatic carbocycles. The summed E-state index contributed by atoms with van der Waals surface area (Å²) in [6.45, 7) is 4.01. The van der Waals surface area contributed by atoms with E-state index in [0.29, 0.717) is 5.56 Å². The smallest absolute Gasteiger partial charge is 0.253 e. The van der Waals surface area contributed by atoms with Gasteiger partial charge in [0.25, 0.3) is 5.91 Å². The standard InChI is InChI=1S/C15H18N2O2/c1-11(18)17-9-6-12-4-5-13(10-14(12)17)15(19)16-7-2-3-8-16/h4-5,10H,2-3,6-9H2,1H3. The average Bonchev–Trinajstić information content (AvgIpc) is 3.06. The minimum atomic E-state index is 0.0459. The van der Waals surface area contributed by atoms with E-state index in [1.165, 1.54) is 0 Å². The zero-order valence-corrected chi connectivity index (χ0v) is 11.2. The van der Waals surface area contributed by atoms with Crippen molar-refractivity contribution in [3.8, 4) is 0 Å². The molecule has 0 atom stereocenters. The van der Waals surface area contributed by atoms with E-state index in [1.54, 1.807) is 11.8 Å². The van der Waals surface area contributed by atoms with Crippen molar-refractivity contribution in [2.45, 2.75) is 26.2 Å². The summed E-state index contributed by atoms with van der Waals surface area (Å²) in [6.07, 6.45) is 3.07. The monoisotopic (exact) mass is 258 g/mol. The number of carbonyl (C=O) groups is 2. The van der Waals surface area contributed by atoms with Crippen LogP contribution < -0.4 is 4.90 Å². The number of rotatable bonds is 1. The summed E-state index contributed by atoms with van der Waals surface area (Å²) in [4.78, 5) is 27.6. The van der Waals surface area contributed by atoms with Gasteiger partial charge >= 0.3 is 0 Å². The molecule has 0 saturated carbocycles. The quantitative estimate of drug-likeness (QED) is 0.771. The molecule has 19 heavy (non-hydrogen) atoms. The first kappa shape index (κ1) is 12.2. The topological polar surface area (TPSA) is 40.6 Å². The molecule has 2 aliphatic heterocycles. The second-order valence-corrected chi connectivity index (χ2v) is 5.26. The second-order valence-electron chi connectivity index (χ2n) is 5.26. The number of nitrogens with zero attached hydrogens (tertiary/aromatic N) is 2. The van der Waals surface area contributed by atoms with Gasteiger partial charge in [-0.15, -0.1) is 0 Å².